The molecule has 0 aliphatic carbocycles. The molecule has 1 aromatic heterocycles. The third-order valence-electron chi connectivity index (χ3n) is 5.15. The number of aromatic nitrogens is 1. The summed E-state index contributed by atoms with van der Waals surface area (Å²) in [5.41, 5.74) is 2.96. The van der Waals surface area contributed by atoms with Gasteiger partial charge in [-0.1, -0.05) is 57.3 Å². The number of nitrogens with zero attached hydrogens (tertiary/aromatic N) is 3. The van der Waals surface area contributed by atoms with E-state index in [1.54, 1.807) is 33.8 Å². The lowest BCUT2D eigenvalue weighted by Gasteiger charge is -2.33. The minimum absolute atomic E-state index is 0.335. The van der Waals surface area contributed by atoms with Gasteiger partial charge < -0.3 is 4.90 Å². The molecule has 1 fully saturated rings. The first-order chi connectivity index (χ1) is 14.9. The van der Waals surface area contributed by atoms with Gasteiger partial charge in [0.15, 0.2) is 5.13 Å². The number of piperazine rings is 1. The molecule has 0 spiro atoms. The number of anilines is 1. The summed E-state index contributed by atoms with van der Waals surface area (Å²) in [4.78, 5) is 7.21. The van der Waals surface area contributed by atoms with Gasteiger partial charge in [-0.25, -0.2) is 13.4 Å². The summed E-state index contributed by atoms with van der Waals surface area (Å²) in [6, 6.07) is 12.5. The minimum Gasteiger partial charge on any atom is -0.345 e. The quantitative estimate of drug-likeness (QED) is 0.376. The fraction of sp³-hybridized carbons (Fsp3) is 0.286. The van der Waals surface area contributed by atoms with Gasteiger partial charge in [0.2, 0.25) is 10.0 Å². The number of rotatable bonds is 6. The molecule has 3 aromatic rings. The first-order valence-corrected chi connectivity index (χ1v) is 13.8. The lowest BCUT2D eigenvalue weighted by molar-refractivity contribution is 0.384. The van der Waals surface area contributed by atoms with Gasteiger partial charge >= 0.3 is 0 Å². The molecule has 10 heteroatoms. The average molecular weight is 561 g/mol. The van der Waals surface area contributed by atoms with Crippen LogP contribution in [0.3, 0.4) is 0 Å². The normalized spacial score (nSPS) is 15.4. The number of halogens is 3. The summed E-state index contributed by atoms with van der Waals surface area (Å²) in [5, 5.41) is 4.87. The van der Waals surface area contributed by atoms with Crippen LogP contribution in [0.5, 0.6) is 0 Å². The molecule has 5 nitrogen and oxygen atoms in total. The van der Waals surface area contributed by atoms with Crippen LogP contribution in [0, 0.1) is 0 Å². The fourth-order valence-electron chi connectivity index (χ4n) is 3.40. The Kier molecular flexibility index (Phi) is 7.25. The van der Waals surface area contributed by atoms with Gasteiger partial charge in [-0.2, -0.15) is 4.31 Å². The lowest BCUT2D eigenvalue weighted by Crippen LogP contribution is -2.48. The third-order valence-corrected chi connectivity index (χ3v) is 9.25. The van der Waals surface area contributed by atoms with E-state index in [4.69, 9.17) is 28.2 Å². The summed E-state index contributed by atoms with van der Waals surface area (Å²) in [5.74, 6) is 0. The van der Waals surface area contributed by atoms with Crippen LogP contribution in [0.4, 0.5) is 5.13 Å². The Labute approximate surface area is 204 Å². The van der Waals surface area contributed by atoms with E-state index in [0.29, 0.717) is 52.9 Å². The van der Waals surface area contributed by atoms with Crippen LogP contribution >= 0.6 is 50.5 Å². The first-order valence-electron chi connectivity index (χ1n) is 9.65. The molecule has 1 aliphatic heterocycles. The molecule has 1 aliphatic rings. The Hall–Kier alpha value is -1.16. The van der Waals surface area contributed by atoms with Gasteiger partial charge in [0.1, 0.15) is 0 Å². The second-order valence-electron chi connectivity index (χ2n) is 7.20. The Bertz CT molecular complexity index is 1160. The Morgan fingerprint density at radius 3 is 2.39 bits per heavy atom. The van der Waals surface area contributed by atoms with Crippen LogP contribution in [0.15, 0.2) is 52.7 Å². The van der Waals surface area contributed by atoms with Crippen LogP contribution in [0.25, 0.3) is 0 Å². The number of hydrogen-bond donors (Lipinski definition) is 0. The minimum atomic E-state index is -3.49. The van der Waals surface area contributed by atoms with Crippen LogP contribution < -0.4 is 4.90 Å². The molecule has 0 bridgehead atoms. The zero-order valence-corrected chi connectivity index (χ0v) is 21.2. The third kappa shape index (κ3) is 5.26. The number of sulfonamides is 1. The highest BCUT2D eigenvalue weighted by Crippen LogP contribution is 2.28. The summed E-state index contributed by atoms with van der Waals surface area (Å²) in [7, 11) is -3.49. The monoisotopic (exact) mass is 559 g/mol. The molecular formula is C21H20BrCl2N3O2S2. The maximum absolute atomic E-state index is 13.0. The number of alkyl halides is 1. The number of thiazole rings is 1. The molecule has 164 valence electrons. The molecule has 31 heavy (non-hydrogen) atoms. The van der Waals surface area contributed by atoms with E-state index in [1.807, 2.05) is 29.6 Å². The highest BCUT2D eigenvalue weighted by atomic mass is 79.9. The highest BCUT2D eigenvalue weighted by Gasteiger charge is 2.29. The molecule has 0 N–H and O–H groups in total. The first kappa shape index (κ1) is 23.0. The molecule has 0 unspecified atom stereocenters. The van der Waals surface area contributed by atoms with Gasteiger partial charge in [0, 0.05) is 53.4 Å². The van der Waals surface area contributed by atoms with E-state index in [-0.39, 0.29) is 0 Å². The molecule has 0 amide bonds. The Morgan fingerprint density at radius 1 is 1.03 bits per heavy atom. The van der Waals surface area contributed by atoms with Crippen LogP contribution in [0.1, 0.15) is 16.8 Å². The number of hydrogen-bond acceptors (Lipinski definition) is 5. The van der Waals surface area contributed by atoms with Crippen molar-refractivity contribution in [3.05, 3.63) is 74.7 Å². The SMILES string of the molecule is O=S(=O)(c1ccc(CBr)cc1)N1CCN(c2nc(Cc3ccc(Cl)cc3Cl)cs2)CC1. The summed E-state index contributed by atoms with van der Waals surface area (Å²) in [6.45, 7) is 2.07. The smallest absolute Gasteiger partial charge is 0.243 e. The topological polar surface area (TPSA) is 53.5 Å². The highest BCUT2D eigenvalue weighted by molar-refractivity contribution is 9.08. The maximum Gasteiger partial charge on any atom is 0.243 e. The molecule has 1 saturated heterocycles. The van der Waals surface area contributed by atoms with E-state index in [1.165, 1.54) is 0 Å². The van der Waals surface area contributed by atoms with Crippen molar-refractivity contribution in [3.63, 3.8) is 0 Å². The van der Waals surface area contributed by atoms with E-state index >= 15 is 0 Å². The molecule has 2 aromatic carbocycles. The fourth-order valence-corrected chi connectivity index (χ4v) is 6.55. The van der Waals surface area contributed by atoms with E-state index in [2.05, 4.69) is 20.8 Å². The van der Waals surface area contributed by atoms with E-state index in [0.717, 1.165) is 22.0 Å². The van der Waals surface area contributed by atoms with Crippen molar-refractivity contribution in [1.82, 2.24) is 9.29 Å². The second-order valence-corrected chi connectivity index (χ2v) is 11.4. The zero-order valence-electron chi connectivity index (χ0n) is 16.5. The molecule has 0 radical (unpaired) electrons. The second kappa shape index (κ2) is 9.77. The van der Waals surface area contributed by atoms with Crippen molar-refractivity contribution in [3.8, 4) is 0 Å². The molecule has 0 saturated carbocycles. The van der Waals surface area contributed by atoms with Gasteiger partial charge in [-0.3, -0.25) is 0 Å². The standard InChI is InChI=1S/C21H20BrCl2N3O2S2/c22-13-15-1-5-19(6-2-15)31(28,29)27-9-7-26(8-10-27)21-25-18(14-30-21)11-16-3-4-17(23)12-20(16)24/h1-6,12,14H,7-11,13H2. The molecule has 2 heterocycles. The van der Waals surface area contributed by atoms with E-state index in [9.17, 15) is 8.42 Å². The predicted molar refractivity (Wildman–Crippen MR) is 131 cm³/mol. The van der Waals surface area contributed by atoms with Crippen LogP contribution in [-0.2, 0) is 21.8 Å². The van der Waals surface area contributed by atoms with Crippen molar-refractivity contribution in [2.24, 2.45) is 0 Å². The van der Waals surface area contributed by atoms with Crippen LogP contribution in [-0.4, -0.2) is 43.9 Å². The molecule has 4 rings (SSSR count). The van der Waals surface area contributed by atoms with Crippen LogP contribution in [0.2, 0.25) is 10.0 Å². The van der Waals surface area contributed by atoms with Crippen molar-refractivity contribution in [2.75, 3.05) is 31.1 Å². The largest absolute Gasteiger partial charge is 0.345 e. The van der Waals surface area contributed by atoms with Gasteiger partial charge in [-0.15, -0.1) is 11.3 Å². The number of benzene rings is 2. The molecular weight excluding hydrogens is 541 g/mol. The summed E-state index contributed by atoms with van der Waals surface area (Å²) in [6.07, 6.45) is 0.630. The van der Waals surface area contributed by atoms with Crippen molar-refractivity contribution < 1.29 is 8.42 Å². The summed E-state index contributed by atoms with van der Waals surface area (Å²) < 4.78 is 27.5. The Morgan fingerprint density at radius 2 is 1.74 bits per heavy atom. The van der Waals surface area contributed by atoms with Crippen molar-refractivity contribution in [2.45, 2.75) is 16.6 Å². The molecule has 0 atom stereocenters. The van der Waals surface area contributed by atoms with E-state index < -0.39 is 10.0 Å². The van der Waals surface area contributed by atoms with Gasteiger partial charge in [0.05, 0.1) is 10.6 Å². The predicted octanol–water partition coefficient (Wildman–Crippen LogP) is 5.45. The average Bonchev–Trinajstić information content (AvgIpc) is 3.24. The van der Waals surface area contributed by atoms with Gasteiger partial charge in [-0.05, 0) is 35.4 Å². The zero-order chi connectivity index (χ0) is 22.0. The summed E-state index contributed by atoms with van der Waals surface area (Å²) >= 11 is 17.2. The maximum atomic E-state index is 13.0. The van der Waals surface area contributed by atoms with Crippen molar-refractivity contribution in [1.29, 1.82) is 0 Å². The van der Waals surface area contributed by atoms with Gasteiger partial charge in [0.25, 0.3) is 0 Å². The van der Waals surface area contributed by atoms with Crippen molar-refractivity contribution >= 4 is 65.6 Å². The Balaban J connectivity index is 1.39. The lowest BCUT2D eigenvalue weighted by atomic mass is 10.1.